The Morgan fingerprint density at radius 3 is 2.35 bits per heavy atom. The average molecular weight is 294 g/mol. The van der Waals surface area contributed by atoms with Crippen molar-refractivity contribution in [2.45, 2.75) is 76.2 Å². The lowest BCUT2D eigenvalue weighted by Crippen LogP contribution is -2.57. The zero-order valence-electron chi connectivity index (χ0n) is 12.1. The van der Waals surface area contributed by atoms with Gasteiger partial charge in [-0.15, -0.1) is 0 Å². The standard InChI is InChI=1S/C14H27FO5/c1-2-3-4-5-6-7-8-19-14-13(18)12(17)11(15)10(9-16)20-14/h10-14,16-18H,2-9H2,1H3/t10-,11-,12+,13-,14-/m1/s1. The molecule has 1 rings (SSSR count). The van der Waals surface area contributed by atoms with Crippen LogP contribution in [0.4, 0.5) is 4.39 Å². The fourth-order valence-corrected chi connectivity index (χ4v) is 2.26. The number of halogens is 1. The van der Waals surface area contributed by atoms with Crippen LogP contribution in [0.25, 0.3) is 0 Å². The van der Waals surface area contributed by atoms with Crippen LogP contribution in [-0.4, -0.2) is 59.3 Å². The molecule has 0 bridgehead atoms. The molecule has 1 heterocycles. The molecular formula is C14H27FO5. The van der Waals surface area contributed by atoms with E-state index in [9.17, 15) is 14.6 Å². The minimum Gasteiger partial charge on any atom is -0.394 e. The maximum atomic E-state index is 13.5. The van der Waals surface area contributed by atoms with Crippen LogP contribution in [0, 0.1) is 0 Å². The molecule has 1 aliphatic heterocycles. The topological polar surface area (TPSA) is 79.2 Å². The molecule has 5 atom stereocenters. The van der Waals surface area contributed by atoms with Gasteiger partial charge in [-0.25, -0.2) is 4.39 Å². The fraction of sp³-hybridized carbons (Fsp3) is 1.00. The van der Waals surface area contributed by atoms with Crippen molar-refractivity contribution in [3.8, 4) is 0 Å². The van der Waals surface area contributed by atoms with E-state index in [1.807, 2.05) is 0 Å². The normalized spacial score (nSPS) is 34.4. The first-order valence-electron chi connectivity index (χ1n) is 7.50. The molecule has 1 saturated heterocycles. The summed E-state index contributed by atoms with van der Waals surface area (Å²) in [6.07, 6.45) is -0.416. The quantitative estimate of drug-likeness (QED) is 0.556. The molecule has 0 spiro atoms. The Kier molecular flexibility index (Phi) is 8.56. The Labute approximate surface area is 119 Å². The minimum atomic E-state index is -1.80. The van der Waals surface area contributed by atoms with Crippen LogP contribution in [0.2, 0.25) is 0 Å². The predicted octanol–water partition coefficient (Wildman–Crippen LogP) is 1.14. The molecular weight excluding hydrogens is 267 g/mol. The molecule has 20 heavy (non-hydrogen) atoms. The van der Waals surface area contributed by atoms with E-state index in [0.29, 0.717) is 6.61 Å². The van der Waals surface area contributed by atoms with Crippen molar-refractivity contribution >= 4 is 0 Å². The van der Waals surface area contributed by atoms with Crippen molar-refractivity contribution in [2.24, 2.45) is 0 Å². The lowest BCUT2D eigenvalue weighted by molar-refractivity contribution is -0.291. The van der Waals surface area contributed by atoms with Crippen LogP contribution >= 0.6 is 0 Å². The van der Waals surface area contributed by atoms with Gasteiger partial charge in [-0.05, 0) is 6.42 Å². The second-order valence-electron chi connectivity index (χ2n) is 5.29. The van der Waals surface area contributed by atoms with Gasteiger partial charge in [-0.1, -0.05) is 39.0 Å². The van der Waals surface area contributed by atoms with Crippen LogP contribution < -0.4 is 0 Å². The fourth-order valence-electron chi connectivity index (χ4n) is 2.26. The SMILES string of the molecule is CCCCCCCCO[C@@H]1O[C@H](CO)[C@@H](F)[C@H](O)[C@H]1O. The van der Waals surface area contributed by atoms with Gasteiger partial charge >= 0.3 is 0 Å². The molecule has 0 aromatic heterocycles. The first kappa shape index (κ1) is 17.8. The van der Waals surface area contributed by atoms with Gasteiger partial charge < -0.3 is 24.8 Å². The number of hydrogen-bond acceptors (Lipinski definition) is 5. The van der Waals surface area contributed by atoms with Crippen LogP contribution in [0.5, 0.6) is 0 Å². The first-order valence-corrected chi connectivity index (χ1v) is 7.50. The number of alkyl halides is 1. The zero-order chi connectivity index (χ0) is 15.0. The Morgan fingerprint density at radius 1 is 1.05 bits per heavy atom. The van der Waals surface area contributed by atoms with Crippen molar-refractivity contribution in [3.63, 3.8) is 0 Å². The summed E-state index contributed by atoms with van der Waals surface area (Å²) < 4.78 is 23.9. The summed E-state index contributed by atoms with van der Waals surface area (Å²) in [6.45, 7) is 1.99. The molecule has 3 N–H and O–H groups in total. The van der Waals surface area contributed by atoms with Crippen molar-refractivity contribution in [2.75, 3.05) is 13.2 Å². The van der Waals surface area contributed by atoms with Crippen molar-refractivity contribution in [1.82, 2.24) is 0 Å². The second-order valence-corrected chi connectivity index (χ2v) is 5.29. The third-order valence-corrected chi connectivity index (χ3v) is 3.58. The van der Waals surface area contributed by atoms with Crippen molar-refractivity contribution in [1.29, 1.82) is 0 Å². The van der Waals surface area contributed by atoms with E-state index in [1.54, 1.807) is 0 Å². The highest BCUT2D eigenvalue weighted by Crippen LogP contribution is 2.24. The van der Waals surface area contributed by atoms with E-state index in [2.05, 4.69) is 6.92 Å². The lowest BCUT2D eigenvalue weighted by atomic mass is 10.0. The van der Waals surface area contributed by atoms with E-state index in [1.165, 1.54) is 19.3 Å². The van der Waals surface area contributed by atoms with E-state index < -0.39 is 37.4 Å². The summed E-state index contributed by atoms with van der Waals surface area (Å²) in [5, 5.41) is 28.2. The number of aliphatic hydroxyl groups is 3. The van der Waals surface area contributed by atoms with E-state index >= 15 is 0 Å². The highest BCUT2D eigenvalue weighted by molar-refractivity contribution is 4.89. The number of ether oxygens (including phenoxy) is 2. The molecule has 0 aliphatic carbocycles. The molecule has 0 saturated carbocycles. The lowest BCUT2D eigenvalue weighted by Gasteiger charge is -2.38. The predicted molar refractivity (Wildman–Crippen MR) is 72.0 cm³/mol. The zero-order valence-corrected chi connectivity index (χ0v) is 12.1. The summed E-state index contributed by atoms with van der Waals surface area (Å²) in [7, 11) is 0. The van der Waals surface area contributed by atoms with Gasteiger partial charge in [0.25, 0.3) is 0 Å². The molecule has 0 aromatic rings. The largest absolute Gasteiger partial charge is 0.394 e. The summed E-state index contributed by atoms with van der Waals surface area (Å²) in [5.74, 6) is 0. The van der Waals surface area contributed by atoms with E-state index in [0.717, 1.165) is 19.3 Å². The van der Waals surface area contributed by atoms with Gasteiger partial charge in [-0.3, -0.25) is 0 Å². The maximum Gasteiger partial charge on any atom is 0.186 e. The summed E-state index contributed by atoms with van der Waals surface area (Å²) >= 11 is 0. The Hall–Kier alpha value is -0.270. The molecule has 5 nitrogen and oxygen atoms in total. The molecule has 1 fully saturated rings. The Balaban J connectivity index is 2.21. The monoisotopic (exact) mass is 294 g/mol. The Bertz CT molecular complexity index is 252. The van der Waals surface area contributed by atoms with Crippen LogP contribution in [0.15, 0.2) is 0 Å². The molecule has 6 heteroatoms. The third kappa shape index (κ3) is 5.26. The van der Waals surface area contributed by atoms with Gasteiger partial charge in [0, 0.05) is 6.61 Å². The highest BCUT2D eigenvalue weighted by atomic mass is 19.1. The van der Waals surface area contributed by atoms with E-state index in [4.69, 9.17) is 14.6 Å². The third-order valence-electron chi connectivity index (χ3n) is 3.58. The molecule has 0 aromatic carbocycles. The van der Waals surface area contributed by atoms with Crippen LogP contribution in [0.1, 0.15) is 45.4 Å². The molecule has 0 amide bonds. The number of hydrogen-bond donors (Lipinski definition) is 3. The van der Waals surface area contributed by atoms with Crippen LogP contribution in [-0.2, 0) is 9.47 Å². The van der Waals surface area contributed by atoms with Gasteiger partial charge in [0.15, 0.2) is 12.5 Å². The summed E-state index contributed by atoms with van der Waals surface area (Å²) in [6, 6.07) is 0. The van der Waals surface area contributed by atoms with Gasteiger partial charge in [0.05, 0.1) is 6.61 Å². The molecule has 0 radical (unpaired) electrons. The van der Waals surface area contributed by atoms with Gasteiger partial charge in [0.2, 0.25) is 0 Å². The molecule has 120 valence electrons. The Morgan fingerprint density at radius 2 is 1.70 bits per heavy atom. The maximum absolute atomic E-state index is 13.5. The second kappa shape index (κ2) is 9.63. The van der Waals surface area contributed by atoms with Gasteiger partial charge in [0.1, 0.15) is 18.3 Å². The first-order chi connectivity index (χ1) is 9.61. The summed E-state index contributed by atoms with van der Waals surface area (Å²) in [5.41, 5.74) is 0. The molecule has 0 unspecified atom stereocenters. The number of rotatable bonds is 9. The summed E-state index contributed by atoms with van der Waals surface area (Å²) in [4.78, 5) is 0. The minimum absolute atomic E-state index is 0.385. The van der Waals surface area contributed by atoms with Crippen molar-refractivity contribution in [3.05, 3.63) is 0 Å². The molecule has 1 aliphatic rings. The van der Waals surface area contributed by atoms with Gasteiger partial charge in [-0.2, -0.15) is 0 Å². The smallest absolute Gasteiger partial charge is 0.186 e. The highest BCUT2D eigenvalue weighted by Gasteiger charge is 2.45. The van der Waals surface area contributed by atoms with Crippen LogP contribution in [0.3, 0.4) is 0 Å². The van der Waals surface area contributed by atoms with Crippen molar-refractivity contribution < 1.29 is 29.2 Å². The number of aliphatic hydroxyl groups excluding tert-OH is 3. The van der Waals surface area contributed by atoms with E-state index in [-0.39, 0.29) is 0 Å². The average Bonchev–Trinajstić information content (AvgIpc) is 2.46. The number of unbranched alkanes of at least 4 members (excludes halogenated alkanes) is 5.